The van der Waals surface area contributed by atoms with Gasteiger partial charge in [0.2, 0.25) is 0 Å². The Balaban J connectivity index is 1.61. The highest BCUT2D eigenvalue weighted by molar-refractivity contribution is 5.92. The van der Waals surface area contributed by atoms with Gasteiger partial charge in [-0.3, -0.25) is 4.98 Å². The number of nitrogens with zero attached hydrogens (tertiary/aromatic N) is 6. The largest absolute Gasteiger partial charge is 0.331 e. The summed E-state index contributed by atoms with van der Waals surface area (Å²) in [4.78, 5) is 8.95. The average molecular weight is 305 g/mol. The molecule has 4 aromatic rings. The van der Waals surface area contributed by atoms with Gasteiger partial charge in [-0.25, -0.2) is 4.98 Å². The van der Waals surface area contributed by atoms with Gasteiger partial charge in [0.1, 0.15) is 5.82 Å². The second-order valence-electron chi connectivity index (χ2n) is 5.25. The van der Waals surface area contributed by atoms with Crippen LogP contribution in [0.15, 0.2) is 48.9 Å². The first-order valence-electron chi connectivity index (χ1n) is 7.49. The molecule has 0 saturated carbocycles. The van der Waals surface area contributed by atoms with E-state index < -0.39 is 0 Å². The molecule has 0 aliphatic heterocycles. The molecule has 23 heavy (non-hydrogen) atoms. The summed E-state index contributed by atoms with van der Waals surface area (Å²) in [6.07, 6.45) is 7.37. The number of tetrazole rings is 1. The van der Waals surface area contributed by atoms with Crippen molar-refractivity contribution in [1.29, 1.82) is 0 Å². The molecule has 0 radical (unpaired) electrons. The van der Waals surface area contributed by atoms with E-state index in [9.17, 15) is 0 Å². The molecule has 0 aliphatic carbocycles. The Bertz CT molecular complexity index is 906. The zero-order chi connectivity index (χ0) is 15.5. The number of aryl methyl sites for hydroxylation is 2. The Morgan fingerprint density at radius 1 is 1.04 bits per heavy atom. The average Bonchev–Trinajstić information content (AvgIpc) is 3.26. The van der Waals surface area contributed by atoms with Crippen molar-refractivity contribution in [3.63, 3.8) is 0 Å². The summed E-state index contributed by atoms with van der Waals surface area (Å²) in [5.41, 5.74) is 2.08. The summed E-state index contributed by atoms with van der Waals surface area (Å²) in [5, 5.41) is 15.1. The minimum Gasteiger partial charge on any atom is -0.331 e. The highest BCUT2D eigenvalue weighted by Gasteiger charge is 2.10. The Kier molecular flexibility index (Phi) is 3.51. The molecule has 7 nitrogen and oxygen atoms in total. The van der Waals surface area contributed by atoms with Gasteiger partial charge in [0.15, 0.2) is 5.82 Å². The molecule has 0 aliphatic rings. The number of hydrogen-bond donors (Lipinski definition) is 1. The lowest BCUT2D eigenvalue weighted by Gasteiger charge is -2.09. The van der Waals surface area contributed by atoms with Crippen LogP contribution in [0.5, 0.6) is 0 Å². The summed E-state index contributed by atoms with van der Waals surface area (Å²) in [5.74, 6) is 1.69. The third kappa shape index (κ3) is 2.68. The first kappa shape index (κ1) is 13.6. The lowest BCUT2D eigenvalue weighted by atomic mass is 10.1. The molecule has 7 heteroatoms. The smallest absolute Gasteiger partial charge is 0.174 e. The Morgan fingerprint density at radius 2 is 2.00 bits per heavy atom. The maximum atomic E-state index is 4.54. The number of fused-ring (bicyclic) bond motifs is 1. The van der Waals surface area contributed by atoms with Crippen molar-refractivity contribution in [3.8, 4) is 11.4 Å². The third-order valence-electron chi connectivity index (χ3n) is 3.79. The number of benzene rings is 1. The maximum absolute atomic E-state index is 4.54. The molecule has 0 amide bonds. The highest BCUT2D eigenvalue weighted by atomic mass is 15.5. The van der Waals surface area contributed by atoms with Gasteiger partial charge < -0.3 is 4.57 Å². The van der Waals surface area contributed by atoms with E-state index in [1.54, 1.807) is 0 Å². The van der Waals surface area contributed by atoms with Gasteiger partial charge in [0.05, 0.1) is 5.52 Å². The number of imidazole rings is 1. The number of pyridine rings is 1. The minimum atomic E-state index is 0.737. The molecule has 4 rings (SSSR count). The fourth-order valence-corrected chi connectivity index (χ4v) is 2.72. The van der Waals surface area contributed by atoms with E-state index in [1.165, 1.54) is 0 Å². The van der Waals surface area contributed by atoms with Crippen LogP contribution in [0.25, 0.3) is 22.3 Å². The second kappa shape index (κ2) is 5.96. The van der Waals surface area contributed by atoms with Crippen LogP contribution < -0.4 is 0 Å². The van der Waals surface area contributed by atoms with Crippen molar-refractivity contribution < 1.29 is 0 Å². The first-order valence-corrected chi connectivity index (χ1v) is 7.49. The van der Waals surface area contributed by atoms with Crippen molar-refractivity contribution in [2.45, 2.75) is 19.4 Å². The van der Waals surface area contributed by atoms with Gasteiger partial charge in [-0.2, -0.15) is 5.21 Å². The topological polar surface area (TPSA) is 85.2 Å². The third-order valence-corrected chi connectivity index (χ3v) is 3.79. The van der Waals surface area contributed by atoms with Crippen molar-refractivity contribution in [2.24, 2.45) is 0 Å². The molecule has 0 unspecified atom stereocenters. The highest BCUT2D eigenvalue weighted by Crippen LogP contribution is 2.26. The van der Waals surface area contributed by atoms with E-state index in [2.05, 4.69) is 41.2 Å². The van der Waals surface area contributed by atoms with E-state index in [-0.39, 0.29) is 0 Å². The summed E-state index contributed by atoms with van der Waals surface area (Å²) in [6.45, 7) is 0.848. The van der Waals surface area contributed by atoms with Crippen molar-refractivity contribution in [2.75, 3.05) is 0 Å². The SMILES string of the molecule is c1ccc2c(-c3nccn3CCCc3nn[nH]n3)ccnc2c1. The molecule has 1 aromatic carbocycles. The molecular formula is C16H15N7. The predicted octanol–water partition coefficient (Wildman–Crippen LogP) is 2.24. The summed E-state index contributed by atoms with van der Waals surface area (Å²) >= 11 is 0. The summed E-state index contributed by atoms with van der Waals surface area (Å²) in [7, 11) is 0. The van der Waals surface area contributed by atoms with Gasteiger partial charge in [0.25, 0.3) is 0 Å². The molecule has 3 aromatic heterocycles. The molecular weight excluding hydrogens is 290 g/mol. The van der Waals surface area contributed by atoms with Gasteiger partial charge in [-0.1, -0.05) is 23.4 Å². The van der Waals surface area contributed by atoms with E-state index >= 15 is 0 Å². The summed E-state index contributed by atoms with van der Waals surface area (Å²) < 4.78 is 2.15. The van der Waals surface area contributed by atoms with Crippen molar-refractivity contribution >= 4 is 10.9 Å². The number of H-pyrrole nitrogens is 1. The number of nitrogens with one attached hydrogen (secondary N) is 1. The van der Waals surface area contributed by atoms with Crippen LogP contribution in [0.3, 0.4) is 0 Å². The number of aromatic amines is 1. The molecule has 3 heterocycles. The lowest BCUT2D eigenvalue weighted by molar-refractivity contribution is 0.634. The van der Waals surface area contributed by atoms with Crippen molar-refractivity contribution in [3.05, 3.63) is 54.7 Å². The van der Waals surface area contributed by atoms with E-state index in [1.807, 2.05) is 42.9 Å². The van der Waals surface area contributed by atoms with Crippen LogP contribution >= 0.6 is 0 Å². The predicted molar refractivity (Wildman–Crippen MR) is 85.5 cm³/mol. The second-order valence-corrected chi connectivity index (χ2v) is 5.25. The van der Waals surface area contributed by atoms with Crippen LogP contribution in [0.4, 0.5) is 0 Å². The maximum Gasteiger partial charge on any atom is 0.174 e. The Morgan fingerprint density at radius 3 is 2.91 bits per heavy atom. The molecule has 0 atom stereocenters. The fraction of sp³-hybridized carbons (Fsp3) is 0.188. The van der Waals surface area contributed by atoms with Crippen LogP contribution in [0, 0.1) is 0 Å². The van der Waals surface area contributed by atoms with Gasteiger partial charge >= 0.3 is 0 Å². The number of para-hydroxylation sites is 1. The van der Waals surface area contributed by atoms with E-state index in [0.29, 0.717) is 0 Å². The number of aromatic nitrogens is 7. The molecule has 0 spiro atoms. The summed E-state index contributed by atoms with van der Waals surface area (Å²) in [6, 6.07) is 10.1. The number of hydrogen-bond acceptors (Lipinski definition) is 5. The Labute approximate surface area is 132 Å². The quantitative estimate of drug-likeness (QED) is 0.611. The van der Waals surface area contributed by atoms with Gasteiger partial charge in [-0.05, 0) is 18.6 Å². The van der Waals surface area contributed by atoms with Crippen molar-refractivity contribution in [1.82, 2.24) is 35.2 Å². The van der Waals surface area contributed by atoms with Crippen LogP contribution in [0.1, 0.15) is 12.2 Å². The first-order chi connectivity index (χ1) is 11.4. The zero-order valence-corrected chi connectivity index (χ0v) is 12.4. The number of rotatable bonds is 5. The molecule has 0 saturated heterocycles. The Hall–Kier alpha value is -3.09. The lowest BCUT2D eigenvalue weighted by Crippen LogP contribution is -2.02. The monoisotopic (exact) mass is 305 g/mol. The fourth-order valence-electron chi connectivity index (χ4n) is 2.72. The normalized spacial score (nSPS) is 11.1. The van der Waals surface area contributed by atoms with E-state index in [4.69, 9.17) is 0 Å². The van der Waals surface area contributed by atoms with Crippen LogP contribution in [-0.2, 0) is 13.0 Å². The minimum absolute atomic E-state index is 0.737. The van der Waals surface area contributed by atoms with Gasteiger partial charge in [-0.15, -0.1) is 10.2 Å². The zero-order valence-electron chi connectivity index (χ0n) is 12.4. The molecule has 0 bridgehead atoms. The van der Waals surface area contributed by atoms with Crippen LogP contribution in [-0.4, -0.2) is 35.2 Å². The standard InChI is InChI=1S/C16H15N7/c1-2-5-14-12(4-1)13(7-8-17-14)16-18-9-11-23(16)10-3-6-15-19-21-22-20-15/h1-2,4-5,7-9,11H,3,6,10H2,(H,19,20,21,22). The van der Waals surface area contributed by atoms with Gasteiger partial charge in [0, 0.05) is 42.5 Å². The molecule has 114 valence electrons. The molecule has 0 fully saturated rings. The van der Waals surface area contributed by atoms with Crippen LogP contribution in [0.2, 0.25) is 0 Å². The molecule has 1 N–H and O–H groups in total. The van der Waals surface area contributed by atoms with E-state index in [0.717, 1.165) is 47.5 Å².